The summed E-state index contributed by atoms with van der Waals surface area (Å²) in [6.45, 7) is 12.6. The van der Waals surface area contributed by atoms with Gasteiger partial charge in [0.2, 0.25) is 5.91 Å². The number of hydrogen-bond acceptors (Lipinski definition) is 3. The topological polar surface area (TPSA) is 61.1 Å². The molecule has 1 aromatic rings. The third-order valence-electron chi connectivity index (χ3n) is 3.52. The molecular formula is C18H28NO2S. The number of nitrogens with one attached hydrogen (secondary N) is 1. The van der Waals surface area contributed by atoms with Crippen LogP contribution < -0.4 is 5.73 Å². The van der Waals surface area contributed by atoms with Gasteiger partial charge in [-0.3, -0.25) is 10.5 Å². The van der Waals surface area contributed by atoms with Gasteiger partial charge in [0, 0.05) is 22.4 Å². The van der Waals surface area contributed by atoms with E-state index in [2.05, 4.69) is 53.7 Å². The molecule has 2 N–H and O–H groups in total. The molecule has 1 radical (unpaired) electrons. The molecule has 1 amide bonds. The Balaban J connectivity index is 3.10. The van der Waals surface area contributed by atoms with Crippen molar-refractivity contribution >= 4 is 17.7 Å². The molecule has 0 fully saturated rings. The van der Waals surface area contributed by atoms with Crippen LogP contribution in [0.1, 0.15) is 65.5 Å². The molecule has 0 unspecified atom stereocenters. The van der Waals surface area contributed by atoms with Gasteiger partial charge in [0.05, 0.1) is 0 Å². The van der Waals surface area contributed by atoms with Crippen LogP contribution >= 0.6 is 11.8 Å². The van der Waals surface area contributed by atoms with Crippen molar-refractivity contribution in [2.24, 2.45) is 0 Å². The summed E-state index contributed by atoms with van der Waals surface area (Å²) >= 11 is 1.68. The molecule has 3 nitrogen and oxygen atoms in total. The minimum absolute atomic E-state index is 0.127. The number of benzene rings is 1. The van der Waals surface area contributed by atoms with Gasteiger partial charge in [-0.1, -0.05) is 41.5 Å². The third kappa shape index (κ3) is 5.24. The van der Waals surface area contributed by atoms with Crippen LogP contribution in [0.25, 0.3) is 0 Å². The second-order valence-electron chi connectivity index (χ2n) is 7.74. The average Bonchev–Trinajstić information content (AvgIpc) is 2.33. The molecule has 4 heteroatoms. The molecule has 0 aliphatic carbocycles. The zero-order chi connectivity index (χ0) is 17.1. The summed E-state index contributed by atoms with van der Waals surface area (Å²) in [5.41, 5.74) is 8.60. The Bertz CT molecular complexity index is 504. The number of carbonyl (C=O) groups excluding carboxylic acids is 1. The Morgan fingerprint density at radius 2 is 1.55 bits per heavy atom. The van der Waals surface area contributed by atoms with E-state index in [1.165, 1.54) is 0 Å². The highest BCUT2D eigenvalue weighted by atomic mass is 32.2. The van der Waals surface area contributed by atoms with Crippen LogP contribution in [0.2, 0.25) is 0 Å². The summed E-state index contributed by atoms with van der Waals surface area (Å²) in [6.07, 6.45) is 1.02. The molecule has 1 aromatic carbocycles. The van der Waals surface area contributed by atoms with Crippen LogP contribution in [0.5, 0.6) is 5.75 Å². The van der Waals surface area contributed by atoms with Gasteiger partial charge in [0.15, 0.2) is 0 Å². The maximum absolute atomic E-state index is 10.7. The summed E-state index contributed by atoms with van der Waals surface area (Å²) in [7, 11) is 0. The Hall–Kier alpha value is -1.16. The number of aromatic hydroxyl groups is 1. The largest absolute Gasteiger partial charge is 0.507 e. The fraction of sp³-hybridized carbons (Fsp3) is 0.611. The predicted octanol–water partition coefficient (Wildman–Crippen LogP) is 4.67. The fourth-order valence-electron chi connectivity index (χ4n) is 2.26. The minimum atomic E-state index is -0.503. The molecule has 0 saturated heterocycles. The third-order valence-corrected chi connectivity index (χ3v) is 4.58. The van der Waals surface area contributed by atoms with Crippen LogP contribution in [0, 0.1) is 0 Å². The van der Waals surface area contributed by atoms with Crippen molar-refractivity contribution < 1.29 is 9.90 Å². The number of carbonyl (C=O) groups is 1. The molecule has 0 bridgehead atoms. The molecule has 0 aromatic heterocycles. The van der Waals surface area contributed by atoms with E-state index in [9.17, 15) is 9.90 Å². The smallest absolute Gasteiger partial charge is 0.238 e. The van der Waals surface area contributed by atoms with Crippen molar-refractivity contribution in [2.45, 2.75) is 70.1 Å². The molecule has 0 atom stereocenters. The summed E-state index contributed by atoms with van der Waals surface area (Å²) < 4.78 is 0. The van der Waals surface area contributed by atoms with E-state index < -0.39 is 5.91 Å². The first kappa shape index (κ1) is 18.9. The van der Waals surface area contributed by atoms with Crippen molar-refractivity contribution in [2.75, 3.05) is 5.75 Å². The molecule has 1 rings (SSSR count). The lowest BCUT2D eigenvalue weighted by Gasteiger charge is -2.28. The van der Waals surface area contributed by atoms with Crippen LogP contribution in [0.4, 0.5) is 0 Å². The molecule has 0 spiro atoms. The number of amides is 1. The average molecular weight is 322 g/mol. The number of hydrogen-bond donors (Lipinski definition) is 1. The van der Waals surface area contributed by atoms with E-state index in [1.54, 1.807) is 11.8 Å². The van der Waals surface area contributed by atoms with E-state index in [0.29, 0.717) is 18.6 Å². The van der Waals surface area contributed by atoms with Gasteiger partial charge in [0.25, 0.3) is 0 Å². The van der Waals surface area contributed by atoms with Crippen LogP contribution in [0.3, 0.4) is 0 Å². The van der Waals surface area contributed by atoms with Gasteiger partial charge in [-0.15, -0.1) is 11.8 Å². The zero-order valence-corrected chi connectivity index (χ0v) is 15.4. The second-order valence-corrected chi connectivity index (χ2v) is 8.91. The van der Waals surface area contributed by atoms with Crippen molar-refractivity contribution in [1.29, 1.82) is 0 Å². The van der Waals surface area contributed by atoms with Crippen LogP contribution in [0.15, 0.2) is 17.0 Å². The first-order chi connectivity index (χ1) is 9.93. The van der Waals surface area contributed by atoms with Gasteiger partial charge in [-0.05, 0) is 35.1 Å². The molecule has 0 saturated carbocycles. The normalized spacial score (nSPS) is 12.5. The molecule has 123 valence electrons. The maximum atomic E-state index is 10.7. The Morgan fingerprint density at radius 3 is 1.91 bits per heavy atom. The monoisotopic (exact) mass is 322 g/mol. The Kier molecular flexibility index (Phi) is 5.96. The molecule has 0 heterocycles. The van der Waals surface area contributed by atoms with Crippen molar-refractivity contribution in [3.8, 4) is 5.75 Å². The van der Waals surface area contributed by atoms with Gasteiger partial charge in [0.1, 0.15) is 5.75 Å². The number of thioether (sulfide) groups is 1. The van der Waals surface area contributed by atoms with Crippen molar-refractivity contribution in [1.82, 2.24) is 5.73 Å². The lowest BCUT2D eigenvalue weighted by atomic mass is 9.79. The van der Waals surface area contributed by atoms with E-state index >= 15 is 0 Å². The Morgan fingerprint density at radius 1 is 1.09 bits per heavy atom. The van der Waals surface area contributed by atoms with Gasteiger partial charge >= 0.3 is 0 Å². The molecular weight excluding hydrogens is 294 g/mol. The lowest BCUT2D eigenvalue weighted by Crippen LogP contribution is -2.17. The molecule has 22 heavy (non-hydrogen) atoms. The van der Waals surface area contributed by atoms with Crippen molar-refractivity contribution in [3.63, 3.8) is 0 Å². The first-order valence-corrected chi connectivity index (χ1v) is 8.66. The fourth-order valence-corrected chi connectivity index (χ4v) is 3.18. The standard InChI is InChI=1S/C18H28NO2S/c1-17(2,3)13-10-12(22-9-7-8-15(19)20)11-14(16(13)21)18(4,5)6/h10-11,19,21H,7-9H2,1-6H3. The predicted molar refractivity (Wildman–Crippen MR) is 93.6 cm³/mol. The first-order valence-electron chi connectivity index (χ1n) is 7.68. The van der Waals surface area contributed by atoms with Crippen LogP contribution in [-0.4, -0.2) is 16.8 Å². The summed E-state index contributed by atoms with van der Waals surface area (Å²) in [5, 5.41) is 10.7. The SMILES string of the molecule is CC(C)(C)c1cc(SCCCC([NH])=O)cc(C(C)(C)C)c1O. The van der Waals surface area contributed by atoms with Gasteiger partial charge < -0.3 is 5.11 Å². The van der Waals surface area contributed by atoms with E-state index in [4.69, 9.17) is 5.73 Å². The zero-order valence-electron chi connectivity index (χ0n) is 14.5. The van der Waals surface area contributed by atoms with Crippen LogP contribution in [-0.2, 0) is 15.6 Å². The van der Waals surface area contributed by atoms with E-state index in [-0.39, 0.29) is 10.8 Å². The minimum Gasteiger partial charge on any atom is -0.507 e. The number of rotatable bonds is 5. The maximum Gasteiger partial charge on any atom is 0.238 e. The number of phenols is 1. The van der Waals surface area contributed by atoms with E-state index in [1.807, 2.05) is 0 Å². The molecule has 0 aliphatic rings. The number of phenolic OH excluding ortho intramolecular Hbond substituents is 1. The van der Waals surface area contributed by atoms with Gasteiger partial charge in [-0.2, -0.15) is 0 Å². The quantitative estimate of drug-likeness (QED) is 0.633. The van der Waals surface area contributed by atoms with E-state index in [0.717, 1.165) is 21.8 Å². The highest BCUT2D eigenvalue weighted by Gasteiger charge is 2.26. The summed E-state index contributed by atoms with van der Waals surface area (Å²) in [5.74, 6) is 0.700. The highest BCUT2D eigenvalue weighted by Crippen LogP contribution is 2.41. The summed E-state index contributed by atoms with van der Waals surface area (Å²) in [4.78, 5) is 11.8. The lowest BCUT2D eigenvalue weighted by molar-refractivity contribution is -0.118. The highest BCUT2D eigenvalue weighted by molar-refractivity contribution is 7.99. The second kappa shape index (κ2) is 6.95. The molecule has 0 aliphatic heterocycles. The van der Waals surface area contributed by atoms with Crippen molar-refractivity contribution in [3.05, 3.63) is 23.3 Å². The van der Waals surface area contributed by atoms with Gasteiger partial charge in [-0.25, -0.2) is 0 Å². The Labute approximate surface area is 138 Å². The summed E-state index contributed by atoms with van der Waals surface area (Å²) in [6, 6.07) is 4.11.